The number of anilines is 1. The minimum absolute atomic E-state index is 0.0554. The maximum absolute atomic E-state index is 12.6. The number of hydrogen-bond donors (Lipinski definition) is 2. The van der Waals surface area contributed by atoms with Crippen molar-refractivity contribution in [3.8, 4) is 11.5 Å². The van der Waals surface area contributed by atoms with Gasteiger partial charge in [-0.1, -0.05) is 17.8 Å². The van der Waals surface area contributed by atoms with Crippen molar-refractivity contribution in [2.24, 2.45) is 7.05 Å². The second kappa shape index (κ2) is 6.20. The van der Waals surface area contributed by atoms with E-state index in [1.54, 1.807) is 17.7 Å². The van der Waals surface area contributed by atoms with Crippen LogP contribution < -0.4 is 15.6 Å². The molecule has 0 saturated heterocycles. The molecule has 8 heteroatoms. The lowest BCUT2D eigenvalue weighted by atomic mass is 9.86. The Morgan fingerprint density at radius 1 is 1.42 bits per heavy atom. The second-order valence-electron chi connectivity index (χ2n) is 5.46. The highest BCUT2D eigenvalue weighted by Crippen LogP contribution is 2.40. The minimum atomic E-state index is -0.480. The molecular weight excluding hydrogens is 330 g/mol. The zero-order chi connectivity index (χ0) is 17.4. The summed E-state index contributed by atoms with van der Waals surface area (Å²) < 4.78 is 7.03. The highest BCUT2D eigenvalue weighted by molar-refractivity contribution is 7.98. The fraction of sp³-hybridized carbons (Fsp3) is 0.312. The van der Waals surface area contributed by atoms with Crippen LogP contribution in [0.2, 0.25) is 0 Å². The molecule has 24 heavy (non-hydrogen) atoms. The summed E-state index contributed by atoms with van der Waals surface area (Å²) in [6.07, 6.45) is 1.93. The van der Waals surface area contributed by atoms with E-state index < -0.39 is 5.92 Å². The molecule has 0 fully saturated rings. The number of nitrogens with one attached hydrogen (secondary N) is 1. The van der Waals surface area contributed by atoms with E-state index in [1.165, 1.54) is 31.0 Å². The number of aromatic hydroxyl groups is 1. The summed E-state index contributed by atoms with van der Waals surface area (Å²) in [6, 6.07) is 4.65. The van der Waals surface area contributed by atoms with Crippen molar-refractivity contribution in [3.63, 3.8) is 0 Å². The molecule has 126 valence electrons. The summed E-state index contributed by atoms with van der Waals surface area (Å²) in [4.78, 5) is 28.9. The fourth-order valence-corrected chi connectivity index (χ4v) is 3.51. The normalized spacial score (nSPS) is 16.5. The van der Waals surface area contributed by atoms with Crippen molar-refractivity contribution >= 4 is 23.5 Å². The van der Waals surface area contributed by atoms with Gasteiger partial charge in [0.2, 0.25) is 5.91 Å². The predicted molar refractivity (Wildman–Crippen MR) is 91.0 cm³/mol. The zero-order valence-electron chi connectivity index (χ0n) is 13.5. The van der Waals surface area contributed by atoms with Crippen LogP contribution in [0.3, 0.4) is 0 Å². The number of phenolic OH excluding ortho intramolecular Hbond substituents is 1. The molecule has 0 radical (unpaired) electrons. The van der Waals surface area contributed by atoms with Crippen LogP contribution >= 0.6 is 11.8 Å². The zero-order valence-corrected chi connectivity index (χ0v) is 14.3. The smallest absolute Gasteiger partial charge is 0.279 e. The summed E-state index contributed by atoms with van der Waals surface area (Å²) >= 11 is 1.33. The molecule has 7 nitrogen and oxygen atoms in total. The Balaban J connectivity index is 2.26. The van der Waals surface area contributed by atoms with Gasteiger partial charge in [0.1, 0.15) is 17.3 Å². The van der Waals surface area contributed by atoms with Gasteiger partial charge in [-0.3, -0.25) is 9.59 Å². The Morgan fingerprint density at radius 3 is 2.83 bits per heavy atom. The number of nitrogens with zero attached hydrogens (tertiary/aromatic N) is 2. The number of benzene rings is 1. The Labute approximate surface area is 142 Å². The van der Waals surface area contributed by atoms with Crippen molar-refractivity contribution < 1.29 is 14.6 Å². The van der Waals surface area contributed by atoms with Gasteiger partial charge >= 0.3 is 0 Å². The summed E-state index contributed by atoms with van der Waals surface area (Å²) in [5, 5.41) is 12.9. The summed E-state index contributed by atoms with van der Waals surface area (Å²) in [6.45, 7) is 0. The molecule has 1 atom stereocenters. The number of amides is 1. The lowest BCUT2D eigenvalue weighted by Gasteiger charge is -2.28. The van der Waals surface area contributed by atoms with E-state index in [0.717, 1.165) is 0 Å². The first-order valence-corrected chi connectivity index (χ1v) is 8.50. The van der Waals surface area contributed by atoms with Crippen molar-refractivity contribution in [2.45, 2.75) is 17.5 Å². The van der Waals surface area contributed by atoms with E-state index in [-0.39, 0.29) is 23.6 Å². The van der Waals surface area contributed by atoms with E-state index in [4.69, 9.17) is 4.74 Å². The molecule has 0 saturated carbocycles. The number of rotatable bonds is 3. The molecule has 3 rings (SSSR count). The van der Waals surface area contributed by atoms with Crippen molar-refractivity contribution in [1.29, 1.82) is 0 Å². The maximum atomic E-state index is 12.6. The highest BCUT2D eigenvalue weighted by atomic mass is 32.2. The standard InChI is InChI=1S/C16H17N3O4S/c1-19-14-13(15(22)18-16(19)24-3)10(7-12(21)17-14)9-5-4-8(20)6-11(9)23-2/h4-6,10,20H,7H2,1-3H3,(H,17,21)/t10-/m1/s1. The minimum Gasteiger partial charge on any atom is -0.508 e. The maximum Gasteiger partial charge on any atom is 0.279 e. The molecule has 0 spiro atoms. The van der Waals surface area contributed by atoms with Gasteiger partial charge in [-0.15, -0.1) is 0 Å². The van der Waals surface area contributed by atoms with E-state index in [1.807, 2.05) is 6.26 Å². The third kappa shape index (κ3) is 2.62. The van der Waals surface area contributed by atoms with E-state index in [9.17, 15) is 14.7 Å². The van der Waals surface area contributed by atoms with Crippen LogP contribution in [0, 0.1) is 0 Å². The van der Waals surface area contributed by atoms with Gasteiger partial charge in [-0.25, -0.2) is 0 Å². The van der Waals surface area contributed by atoms with E-state index in [0.29, 0.717) is 27.9 Å². The quantitative estimate of drug-likeness (QED) is 0.648. The van der Waals surface area contributed by atoms with Crippen molar-refractivity contribution in [2.75, 3.05) is 18.7 Å². The first-order chi connectivity index (χ1) is 11.5. The number of fused-ring (bicyclic) bond motifs is 1. The number of carbonyl (C=O) groups is 1. The van der Waals surface area contributed by atoms with Crippen molar-refractivity contribution in [3.05, 3.63) is 39.7 Å². The van der Waals surface area contributed by atoms with Gasteiger partial charge in [-0.2, -0.15) is 4.98 Å². The molecule has 1 amide bonds. The van der Waals surface area contributed by atoms with Gasteiger partial charge in [0, 0.05) is 31.0 Å². The highest BCUT2D eigenvalue weighted by Gasteiger charge is 2.33. The van der Waals surface area contributed by atoms with Gasteiger partial charge in [-0.05, 0) is 12.3 Å². The topological polar surface area (TPSA) is 93.4 Å². The number of carbonyl (C=O) groups excluding carboxylic acids is 1. The van der Waals surface area contributed by atoms with Crippen LogP contribution in [0.15, 0.2) is 28.2 Å². The molecule has 1 aliphatic heterocycles. The molecule has 1 aromatic carbocycles. The van der Waals surface area contributed by atoms with E-state index >= 15 is 0 Å². The number of ether oxygens (including phenoxy) is 1. The third-order valence-corrected chi connectivity index (χ3v) is 4.81. The van der Waals surface area contributed by atoms with Gasteiger partial charge in [0.05, 0.1) is 12.7 Å². The Kier molecular flexibility index (Phi) is 4.23. The van der Waals surface area contributed by atoms with Crippen LogP contribution in [-0.4, -0.2) is 33.9 Å². The molecule has 2 heterocycles. The van der Waals surface area contributed by atoms with Gasteiger partial charge in [0.25, 0.3) is 5.56 Å². The summed E-state index contributed by atoms with van der Waals surface area (Å²) in [5.41, 5.74) is 0.730. The van der Waals surface area contributed by atoms with E-state index in [2.05, 4.69) is 10.3 Å². The number of thioether (sulfide) groups is 1. The lowest BCUT2D eigenvalue weighted by molar-refractivity contribution is -0.116. The molecule has 0 unspecified atom stereocenters. The first-order valence-electron chi connectivity index (χ1n) is 7.28. The predicted octanol–water partition coefficient (Wildman–Crippen LogP) is 1.69. The van der Waals surface area contributed by atoms with Crippen LogP contribution in [-0.2, 0) is 11.8 Å². The number of methoxy groups -OCH3 is 1. The second-order valence-corrected chi connectivity index (χ2v) is 6.23. The van der Waals surface area contributed by atoms with Gasteiger partial charge < -0.3 is 19.7 Å². The largest absolute Gasteiger partial charge is 0.508 e. The molecule has 1 aromatic heterocycles. The number of aromatic nitrogens is 2. The Bertz CT molecular complexity index is 878. The van der Waals surface area contributed by atoms with Crippen molar-refractivity contribution in [1.82, 2.24) is 9.55 Å². The molecular formula is C16H17N3O4S. The summed E-state index contributed by atoms with van der Waals surface area (Å²) in [7, 11) is 3.24. The fourth-order valence-electron chi connectivity index (χ4n) is 2.97. The number of phenols is 1. The van der Waals surface area contributed by atoms with Crippen LogP contribution in [0.1, 0.15) is 23.5 Å². The van der Waals surface area contributed by atoms with Crippen LogP contribution in [0.25, 0.3) is 0 Å². The number of hydrogen-bond acceptors (Lipinski definition) is 6. The average Bonchev–Trinajstić information content (AvgIpc) is 2.57. The summed E-state index contributed by atoms with van der Waals surface area (Å²) in [5.74, 6) is 0.273. The lowest BCUT2D eigenvalue weighted by Crippen LogP contribution is -2.33. The molecule has 2 aromatic rings. The molecule has 0 aliphatic carbocycles. The molecule has 0 bridgehead atoms. The first kappa shape index (κ1) is 16.4. The SMILES string of the molecule is COc1cc(O)ccc1[C@H]1CC(=O)Nc2c1c(=O)nc(SC)n2C. The Morgan fingerprint density at radius 2 is 2.17 bits per heavy atom. The molecule has 2 N–H and O–H groups in total. The third-order valence-electron chi connectivity index (χ3n) is 4.08. The van der Waals surface area contributed by atoms with Crippen LogP contribution in [0.5, 0.6) is 11.5 Å². The molecule has 1 aliphatic rings. The average molecular weight is 347 g/mol. The Hall–Kier alpha value is -2.48. The van der Waals surface area contributed by atoms with Gasteiger partial charge in [0.15, 0.2) is 5.16 Å². The monoisotopic (exact) mass is 347 g/mol. The van der Waals surface area contributed by atoms with Crippen LogP contribution in [0.4, 0.5) is 5.82 Å².